The molecule has 2 rings (SSSR count). The third kappa shape index (κ3) is 4.15. The van der Waals surface area contributed by atoms with Gasteiger partial charge in [0.1, 0.15) is 11.6 Å². The lowest BCUT2D eigenvalue weighted by Crippen LogP contribution is -2.48. The monoisotopic (exact) mass is 295 g/mol. The smallest absolute Gasteiger partial charge is 0.260 e. The third-order valence-electron chi connectivity index (χ3n) is 3.68. The van der Waals surface area contributed by atoms with E-state index in [1.807, 2.05) is 7.05 Å². The summed E-state index contributed by atoms with van der Waals surface area (Å²) in [7, 11) is 2.03. The first-order chi connectivity index (χ1) is 9.97. The van der Waals surface area contributed by atoms with Crippen molar-refractivity contribution in [1.29, 1.82) is 0 Å². The lowest BCUT2D eigenvalue weighted by Gasteiger charge is -2.32. The number of carbonyl (C=O) groups is 1. The van der Waals surface area contributed by atoms with Crippen LogP contribution in [0.25, 0.3) is 0 Å². The van der Waals surface area contributed by atoms with Gasteiger partial charge in [0.25, 0.3) is 5.91 Å². The Labute approximate surface area is 124 Å². The summed E-state index contributed by atoms with van der Waals surface area (Å²) in [5.41, 5.74) is 6.09. The van der Waals surface area contributed by atoms with E-state index in [1.54, 1.807) is 24.0 Å². The summed E-state index contributed by atoms with van der Waals surface area (Å²) in [5.74, 6) is -0.131. The number of ether oxygens (including phenoxy) is 1. The van der Waals surface area contributed by atoms with Crippen LogP contribution in [0.2, 0.25) is 0 Å². The van der Waals surface area contributed by atoms with E-state index in [-0.39, 0.29) is 18.6 Å². The molecule has 0 spiro atoms. The Kier molecular flexibility index (Phi) is 5.14. The van der Waals surface area contributed by atoms with Gasteiger partial charge in [-0.05, 0) is 20.0 Å². The highest BCUT2D eigenvalue weighted by atomic mass is 19.1. The average molecular weight is 295 g/mol. The van der Waals surface area contributed by atoms with Crippen LogP contribution in [0, 0.1) is 5.82 Å². The highest BCUT2D eigenvalue weighted by molar-refractivity contribution is 5.77. The van der Waals surface area contributed by atoms with Gasteiger partial charge in [-0.1, -0.05) is 6.07 Å². The Morgan fingerprint density at radius 2 is 2.05 bits per heavy atom. The van der Waals surface area contributed by atoms with Crippen LogP contribution in [0.1, 0.15) is 18.5 Å². The molecule has 116 valence electrons. The topological polar surface area (TPSA) is 58.8 Å². The van der Waals surface area contributed by atoms with Crippen molar-refractivity contribution in [2.45, 2.75) is 13.0 Å². The Morgan fingerprint density at radius 1 is 1.38 bits per heavy atom. The molecular weight excluding hydrogens is 273 g/mol. The number of rotatable bonds is 4. The van der Waals surface area contributed by atoms with Gasteiger partial charge in [-0.15, -0.1) is 0 Å². The molecule has 2 N–H and O–H groups in total. The van der Waals surface area contributed by atoms with E-state index in [4.69, 9.17) is 10.5 Å². The number of nitrogens with zero attached hydrogens (tertiary/aromatic N) is 2. The molecule has 0 bridgehead atoms. The first kappa shape index (κ1) is 15.7. The number of piperazine rings is 1. The zero-order chi connectivity index (χ0) is 15.4. The number of benzene rings is 1. The molecule has 0 saturated carbocycles. The van der Waals surface area contributed by atoms with Crippen molar-refractivity contribution in [3.05, 3.63) is 29.6 Å². The first-order valence-corrected chi connectivity index (χ1v) is 7.11. The lowest BCUT2D eigenvalue weighted by molar-refractivity contribution is -0.134. The molecule has 1 aromatic carbocycles. The van der Waals surface area contributed by atoms with Crippen LogP contribution in [0.5, 0.6) is 5.75 Å². The summed E-state index contributed by atoms with van der Waals surface area (Å²) < 4.78 is 19.1. The minimum absolute atomic E-state index is 0.0688. The maximum absolute atomic E-state index is 13.8. The molecule has 0 radical (unpaired) electrons. The van der Waals surface area contributed by atoms with Crippen LogP contribution in [0.3, 0.4) is 0 Å². The zero-order valence-electron chi connectivity index (χ0n) is 12.5. The van der Waals surface area contributed by atoms with Crippen molar-refractivity contribution in [3.8, 4) is 5.75 Å². The number of likely N-dealkylation sites (N-methyl/N-ethyl adjacent to an activating group) is 1. The van der Waals surface area contributed by atoms with E-state index in [0.29, 0.717) is 24.4 Å². The van der Waals surface area contributed by atoms with E-state index in [9.17, 15) is 9.18 Å². The van der Waals surface area contributed by atoms with Crippen molar-refractivity contribution < 1.29 is 13.9 Å². The molecule has 5 nitrogen and oxygen atoms in total. The van der Waals surface area contributed by atoms with Gasteiger partial charge in [0.05, 0.1) is 0 Å². The first-order valence-electron chi connectivity index (χ1n) is 7.11. The normalized spacial score (nSPS) is 17.6. The Hall–Kier alpha value is -1.66. The molecule has 1 heterocycles. The molecule has 0 aliphatic carbocycles. The molecule has 1 saturated heterocycles. The largest absolute Gasteiger partial charge is 0.484 e. The highest BCUT2D eigenvalue weighted by Crippen LogP contribution is 2.20. The van der Waals surface area contributed by atoms with Crippen LogP contribution >= 0.6 is 0 Å². The van der Waals surface area contributed by atoms with Gasteiger partial charge in [-0.3, -0.25) is 4.79 Å². The maximum atomic E-state index is 13.8. The van der Waals surface area contributed by atoms with Crippen LogP contribution < -0.4 is 10.5 Å². The van der Waals surface area contributed by atoms with Crippen molar-refractivity contribution >= 4 is 5.91 Å². The van der Waals surface area contributed by atoms with Crippen LogP contribution in [-0.2, 0) is 4.79 Å². The van der Waals surface area contributed by atoms with E-state index < -0.39 is 5.82 Å². The summed E-state index contributed by atoms with van der Waals surface area (Å²) in [6.45, 7) is 4.79. The number of hydrogen-bond donors (Lipinski definition) is 1. The van der Waals surface area contributed by atoms with Crippen molar-refractivity contribution in [3.63, 3.8) is 0 Å². The summed E-state index contributed by atoms with van der Waals surface area (Å²) in [6.07, 6.45) is 0. The number of halogens is 1. The fourth-order valence-corrected chi connectivity index (χ4v) is 2.26. The number of carbonyl (C=O) groups excluding carboxylic acids is 1. The van der Waals surface area contributed by atoms with Crippen molar-refractivity contribution in [2.75, 3.05) is 39.8 Å². The highest BCUT2D eigenvalue weighted by Gasteiger charge is 2.19. The molecule has 1 aromatic rings. The van der Waals surface area contributed by atoms with Crippen LogP contribution in [-0.4, -0.2) is 55.5 Å². The third-order valence-corrected chi connectivity index (χ3v) is 3.68. The van der Waals surface area contributed by atoms with E-state index in [1.165, 1.54) is 6.07 Å². The fourth-order valence-electron chi connectivity index (χ4n) is 2.26. The second-order valence-corrected chi connectivity index (χ2v) is 5.44. The van der Waals surface area contributed by atoms with Gasteiger partial charge in [-0.25, -0.2) is 4.39 Å². The Morgan fingerprint density at radius 3 is 2.62 bits per heavy atom. The minimum atomic E-state index is -0.408. The van der Waals surface area contributed by atoms with Crippen molar-refractivity contribution in [2.24, 2.45) is 5.73 Å². The maximum Gasteiger partial charge on any atom is 0.260 e. The summed E-state index contributed by atoms with van der Waals surface area (Å²) >= 11 is 0. The molecule has 1 aliphatic heterocycles. The van der Waals surface area contributed by atoms with Crippen LogP contribution in [0.4, 0.5) is 4.39 Å². The molecule has 1 amide bonds. The standard InChI is InChI=1S/C15H22FN3O2/c1-11(17)13-4-3-12(9-14(13)16)21-10-15(20)19-7-5-18(2)6-8-19/h3-4,9,11H,5-8,10,17H2,1-2H3/t11-/m0/s1. The predicted octanol–water partition coefficient (Wildman–Crippen LogP) is 0.998. The van der Waals surface area contributed by atoms with Gasteiger partial charge >= 0.3 is 0 Å². The summed E-state index contributed by atoms with van der Waals surface area (Å²) in [4.78, 5) is 16.0. The Bertz CT molecular complexity index is 500. The molecule has 21 heavy (non-hydrogen) atoms. The predicted molar refractivity (Wildman–Crippen MR) is 78.6 cm³/mol. The number of amides is 1. The van der Waals surface area contributed by atoms with Gasteiger partial charge in [0.15, 0.2) is 6.61 Å². The average Bonchev–Trinajstić information content (AvgIpc) is 2.45. The van der Waals surface area contributed by atoms with Gasteiger partial charge in [0, 0.05) is 43.9 Å². The second-order valence-electron chi connectivity index (χ2n) is 5.44. The SMILES string of the molecule is C[C@H](N)c1ccc(OCC(=O)N2CCN(C)CC2)cc1F. The zero-order valence-corrected chi connectivity index (χ0v) is 12.5. The molecule has 1 atom stereocenters. The fraction of sp³-hybridized carbons (Fsp3) is 0.533. The van der Waals surface area contributed by atoms with Crippen LogP contribution in [0.15, 0.2) is 18.2 Å². The van der Waals surface area contributed by atoms with Gasteiger partial charge < -0.3 is 20.3 Å². The lowest BCUT2D eigenvalue weighted by atomic mass is 10.1. The molecule has 6 heteroatoms. The molecule has 1 aliphatic rings. The second kappa shape index (κ2) is 6.87. The summed E-state index contributed by atoms with van der Waals surface area (Å²) in [6, 6.07) is 4.14. The van der Waals surface area contributed by atoms with E-state index in [2.05, 4.69) is 4.90 Å². The number of nitrogens with two attached hydrogens (primary N) is 1. The minimum Gasteiger partial charge on any atom is -0.484 e. The van der Waals surface area contributed by atoms with Gasteiger partial charge in [0.2, 0.25) is 0 Å². The molecule has 1 fully saturated rings. The Balaban J connectivity index is 1.88. The van der Waals surface area contributed by atoms with Gasteiger partial charge in [-0.2, -0.15) is 0 Å². The van der Waals surface area contributed by atoms with Crippen molar-refractivity contribution in [1.82, 2.24) is 9.80 Å². The van der Waals surface area contributed by atoms with E-state index >= 15 is 0 Å². The molecule has 0 unspecified atom stereocenters. The quantitative estimate of drug-likeness (QED) is 0.900. The molecule has 0 aromatic heterocycles. The number of hydrogen-bond acceptors (Lipinski definition) is 4. The molecular formula is C15H22FN3O2. The van der Waals surface area contributed by atoms with E-state index in [0.717, 1.165) is 13.1 Å². The summed E-state index contributed by atoms with van der Waals surface area (Å²) in [5, 5.41) is 0.